The molecule has 0 radical (unpaired) electrons. The SMILES string of the molecule is C[C@H]1N=C(C(=O)N2C(C3COC3)C=CS2=O)C=C1c1cccc2c1COC2.Cc1ccc(F)cc1. The van der Waals surface area contributed by atoms with E-state index >= 15 is 0 Å². The summed E-state index contributed by atoms with van der Waals surface area (Å²) in [5.74, 6) is -0.245. The van der Waals surface area contributed by atoms with Crippen molar-refractivity contribution in [2.24, 2.45) is 10.9 Å². The van der Waals surface area contributed by atoms with Gasteiger partial charge in [0.15, 0.2) is 0 Å². The third kappa shape index (κ3) is 4.78. The summed E-state index contributed by atoms with van der Waals surface area (Å²) in [6, 6.07) is 12.2. The molecule has 8 heteroatoms. The number of hydrogen-bond acceptors (Lipinski definition) is 5. The van der Waals surface area contributed by atoms with E-state index in [1.807, 2.05) is 32.1 Å². The number of rotatable bonds is 3. The fraction of sp³-hybridized carbons (Fsp3) is 0.333. The quantitative estimate of drug-likeness (QED) is 0.644. The summed E-state index contributed by atoms with van der Waals surface area (Å²) in [4.78, 5) is 17.7. The topological polar surface area (TPSA) is 68.2 Å². The van der Waals surface area contributed by atoms with E-state index in [1.54, 1.807) is 17.5 Å². The van der Waals surface area contributed by atoms with Crippen LogP contribution in [0.5, 0.6) is 0 Å². The molecule has 0 bridgehead atoms. The Kier molecular flexibility index (Phi) is 6.77. The van der Waals surface area contributed by atoms with Crippen LogP contribution in [0.25, 0.3) is 5.57 Å². The van der Waals surface area contributed by atoms with Gasteiger partial charge in [-0.3, -0.25) is 9.79 Å². The normalized spacial score (nSPS) is 24.9. The van der Waals surface area contributed by atoms with Gasteiger partial charge in [0.05, 0.1) is 38.5 Å². The second kappa shape index (κ2) is 9.97. The van der Waals surface area contributed by atoms with Gasteiger partial charge in [-0.25, -0.2) is 12.9 Å². The molecule has 4 aliphatic rings. The molecule has 2 aromatic carbocycles. The van der Waals surface area contributed by atoms with Gasteiger partial charge in [-0.15, -0.1) is 0 Å². The van der Waals surface area contributed by atoms with Gasteiger partial charge in [-0.1, -0.05) is 35.9 Å². The first-order chi connectivity index (χ1) is 16.9. The summed E-state index contributed by atoms with van der Waals surface area (Å²) in [6.07, 6.45) is 3.71. The Balaban J connectivity index is 0.000000271. The average Bonchev–Trinajstić information content (AvgIpc) is 3.53. The van der Waals surface area contributed by atoms with Crippen molar-refractivity contribution in [3.63, 3.8) is 0 Å². The van der Waals surface area contributed by atoms with Crippen LogP contribution in [-0.4, -0.2) is 45.4 Å². The molecule has 4 heterocycles. The average molecular weight is 495 g/mol. The van der Waals surface area contributed by atoms with Gasteiger partial charge in [0.1, 0.15) is 22.5 Å². The van der Waals surface area contributed by atoms with Gasteiger partial charge in [0, 0.05) is 11.3 Å². The predicted octanol–water partition coefficient (Wildman–Crippen LogP) is 4.11. The molecule has 2 unspecified atom stereocenters. The Hall–Kier alpha value is -2.94. The van der Waals surface area contributed by atoms with Gasteiger partial charge in [-0.05, 0) is 60.4 Å². The number of carbonyl (C=O) groups is 1. The lowest BCUT2D eigenvalue weighted by atomic mass is 9.93. The van der Waals surface area contributed by atoms with Crippen molar-refractivity contribution in [2.45, 2.75) is 39.1 Å². The summed E-state index contributed by atoms with van der Waals surface area (Å²) in [6.45, 7) is 6.31. The molecular weight excluding hydrogens is 467 g/mol. The lowest BCUT2D eigenvalue weighted by Gasteiger charge is -2.35. The summed E-state index contributed by atoms with van der Waals surface area (Å²) in [7, 11) is -1.45. The van der Waals surface area contributed by atoms with Crippen molar-refractivity contribution in [3.05, 3.63) is 88.1 Å². The third-order valence-corrected chi connectivity index (χ3v) is 7.78. The second-order valence-electron chi connectivity index (χ2n) is 9.05. The number of benzene rings is 2. The number of hydrogen-bond donors (Lipinski definition) is 0. The molecule has 0 spiro atoms. The number of carbonyl (C=O) groups excluding carboxylic acids is 1. The molecule has 6 nitrogen and oxygen atoms in total. The molecule has 1 fully saturated rings. The smallest absolute Gasteiger partial charge is 0.284 e. The summed E-state index contributed by atoms with van der Waals surface area (Å²) >= 11 is 0. The second-order valence-corrected chi connectivity index (χ2v) is 10.3. The number of nitrogens with zero attached hydrogens (tertiary/aromatic N) is 2. The van der Waals surface area contributed by atoms with Crippen molar-refractivity contribution >= 4 is 28.2 Å². The van der Waals surface area contributed by atoms with Crippen LogP contribution in [0, 0.1) is 18.7 Å². The maximum Gasteiger partial charge on any atom is 0.284 e. The number of halogens is 1. The number of amides is 1. The molecule has 35 heavy (non-hydrogen) atoms. The molecule has 182 valence electrons. The fourth-order valence-electron chi connectivity index (χ4n) is 4.55. The largest absolute Gasteiger partial charge is 0.381 e. The molecule has 4 aliphatic heterocycles. The first-order valence-corrected chi connectivity index (χ1v) is 12.8. The summed E-state index contributed by atoms with van der Waals surface area (Å²) in [5, 5.41) is 1.59. The number of aliphatic imine (C=N–C) groups is 1. The Labute approximate surface area is 206 Å². The van der Waals surface area contributed by atoms with Gasteiger partial charge >= 0.3 is 0 Å². The Morgan fingerprint density at radius 3 is 2.57 bits per heavy atom. The molecule has 1 amide bonds. The lowest BCUT2D eigenvalue weighted by Crippen LogP contribution is -2.49. The van der Waals surface area contributed by atoms with E-state index in [0.717, 1.165) is 16.7 Å². The molecule has 6 rings (SSSR count). The zero-order valence-electron chi connectivity index (χ0n) is 19.6. The van der Waals surface area contributed by atoms with Gasteiger partial charge in [-0.2, -0.15) is 0 Å². The molecule has 0 aliphatic carbocycles. The van der Waals surface area contributed by atoms with E-state index in [4.69, 9.17) is 9.47 Å². The zero-order valence-corrected chi connectivity index (χ0v) is 20.5. The van der Waals surface area contributed by atoms with Crippen LogP contribution in [0.3, 0.4) is 0 Å². The van der Waals surface area contributed by atoms with Crippen LogP contribution < -0.4 is 0 Å². The van der Waals surface area contributed by atoms with Gasteiger partial charge in [0.2, 0.25) is 0 Å². The summed E-state index contributed by atoms with van der Waals surface area (Å²) < 4.78 is 36.8. The van der Waals surface area contributed by atoms with Crippen LogP contribution >= 0.6 is 0 Å². The minimum Gasteiger partial charge on any atom is -0.381 e. The van der Waals surface area contributed by atoms with Crippen molar-refractivity contribution < 1.29 is 22.9 Å². The number of ether oxygens (including phenoxy) is 2. The van der Waals surface area contributed by atoms with Gasteiger partial charge in [0.25, 0.3) is 5.91 Å². The Morgan fingerprint density at radius 1 is 1.11 bits per heavy atom. The zero-order chi connectivity index (χ0) is 24.5. The highest BCUT2D eigenvalue weighted by Crippen LogP contribution is 2.34. The first kappa shape index (κ1) is 23.8. The first-order valence-electron chi connectivity index (χ1n) is 11.6. The van der Waals surface area contributed by atoms with E-state index in [9.17, 15) is 13.4 Å². The highest BCUT2D eigenvalue weighted by Gasteiger charge is 2.41. The molecule has 0 saturated carbocycles. The Morgan fingerprint density at radius 2 is 1.89 bits per heavy atom. The minimum absolute atomic E-state index is 0.120. The Bertz CT molecular complexity index is 1230. The predicted molar refractivity (Wildman–Crippen MR) is 133 cm³/mol. The minimum atomic E-state index is -1.45. The third-order valence-electron chi connectivity index (χ3n) is 6.60. The number of fused-ring (bicyclic) bond motifs is 1. The maximum atomic E-state index is 13.1. The van der Waals surface area contributed by atoms with Crippen molar-refractivity contribution in [1.29, 1.82) is 0 Å². The summed E-state index contributed by atoms with van der Waals surface area (Å²) in [5.41, 5.74) is 5.93. The standard InChI is InChI=1S/C20H20N2O4S.C7H7F/c1-12-16(15-4-2-3-13-8-26-11-17(13)15)7-18(21-12)20(23)22-19(5-6-27(22)24)14-9-25-10-14;1-6-2-4-7(8)5-3-6/h2-7,12,14,19H,8-11H2,1H3;2-5H,1H3/t12-,19?,27?;/m1./s1. The number of aryl methyl sites for hydroxylation is 1. The van der Waals surface area contributed by atoms with Crippen molar-refractivity contribution in [1.82, 2.24) is 4.31 Å². The van der Waals surface area contributed by atoms with E-state index < -0.39 is 11.0 Å². The monoisotopic (exact) mass is 494 g/mol. The van der Waals surface area contributed by atoms with E-state index in [1.165, 1.54) is 27.6 Å². The van der Waals surface area contributed by atoms with E-state index in [-0.39, 0.29) is 29.7 Å². The van der Waals surface area contributed by atoms with Crippen molar-refractivity contribution in [3.8, 4) is 0 Å². The lowest BCUT2D eigenvalue weighted by molar-refractivity contribution is -0.123. The molecule has 1 saturated heterocycles. The van der Waals surface area contributed by atoms with Crippen LogP contribution in [0.4, 0.5) is 4.39 Å². The van der Waals surface area contributed by atoms with Gasteiger partial charge < -0.3 is 9.47 Å². The maximum absolute atomic E-state index is 13.1. The molecule has 0 aromatic heterocycles. The molecule has 2 aromatic rings. The van der Waals surface area contributed by atoms with E-state index in [2.05, 4.69) is 17.1 Å². The van der Waals surface area contributed by atoms with Crippen LogP contribution in [0.15, 0.2) is 65.0 Å². The van der Waals surface area contributed by atoms with Crippen molar-refractivity contribution in [2.75, 3.05) is 13.2 Å². The molecule has 3 atom stereocenters. The molecule has 0 N–H and O–H groups in total. The van der Waals surface area contributed by atoms with Crippen LogP contribution in [0.1, 0.15) is 29.2 Å². The molecular formula is C27H27FN2O4S. The highest BCUT2D eigenvalue weighted by atomic mass is 32.2. The van der Waals surface area contributed by atoms with Crippen LogP contribution in [0.2, 0.25) is 0 Å². The van der Waals surface area contributed by atoms with Crippen LogP contribution in [-0.2, 0) is 38.5 Å². The fourth-order valence-corrected chi connectivity index (χ4v) is 5.72. The highest BCUT2D eigenvalue weighted by molar-refractivity contribution is 7.86. The van der Waals surface area contributed by atoms with E-state index in [0.29, 0.717) is 32.1 Å².